The first-order valence-corrected chi connectivity index (χ1v) is 8.02. The number of rotatable bonds is 5. The summed E-state index contributed by atoms with van der Waals surface area (Å²) in [5.74, 6) is 0. The van der Waals surface area contributed by atoms with Crippen molar-refractivity contribution in [3.8, 4) is 0 Å². The van der Waals surface area contributed by atoms with Crippen molar-refractivity contribution in [2.75, 3.05) is 26.7 Å². The van der Waals surface area contributed by atoms with E-state index < -0.39 is 0 Å². The van der Waals surface area contributed by atoms with Crippen molar-refractivity contribution in [1.29, 1.82) is 0 Å². The zero-order valence-electron chi connectivity index (χ0n) is 13.7. The standard InChI is InChI=1S/C15H27ClN4O/c1-10(2)20-6-7-21-14(9-20)13(17-4)8-12-11(3)18-19(5)15(12)16/h10,13-14,17H,6-9H2,1-5H3. The molecule has 0 saturated carbocycles. The molecule has 1 aromatic rings. The van der Waals surface area contributed by atoms with Gasteiger partial charge in [0.15, 0.2) is 0 Å². The van der Waals surface area contributed by atoms with Crippen molar-refractivity contribution in [3.05, 3.63) is 16.4 Å². The molecule has 1 aromatic heterocycles. The molecule has 0 aliphatic carbocycles. The molecule has 0 amide bonds. The minimum Gasteiger partial charge on any atom is -0.374 e. The SMILES string of the molecule is CNC(Cc1c(C)nn(C)c1Cl)C1CN(C(C)C)CCO1. The van der Waals surface area contributed by atoms with Crippen LogP contribution in [0.4, 0.5) is 0 Å². The van der Waals surface area contributed by atoms with E-state index in [1.807, 2.05) is 21.0 Å². The fourth-order valence-electron chi connectivity index (χ4n) is 2.95. The van der Waals surface area contributed by atoms with E-state index in [0.717, 1.165) is 42.5 Å². The molecule has 2 unspecified atom stereocenters. The monoisotopic (exact) mass is 314 g/mol. The number of likely N-dealkylation sites (N-methyl/N-ethyl adjacent to an activating group) is 1. The largest absolute Gasteiger partial charge is 0.374 e. The molecule has 120 valence electrons. The van der Waals surface area contributed by atoms with Crippen LogP contribution in [0.1, 0.15) is 25.1 Å². The summed E-state index contributed by atoms with van der Waals surface area (Å²) < 4.78 is 7.73. The molecule has 1 fully saturated rings. The Kier molecular flexibility index (Phi) is 5.66. The van der Waals surface area contributed by atoms with Crippen LogP contribution in [0.25, 0.3) is 0 Å². The molecule has 1 N–H and O–H groups in total. The molecule has 0 bridgehead atoms. The third kappa shape index (κ3) is 3.77. The van der Waals surface area contributed by atoms with Gasteiger partial charge in [-0.25, -0.2) is 0 Å². The van der Waals surface area contributed by atoms with Crippen molar-refractivity contribution >= 4 is 11.6 Å². The summed E-state index contributed by atoms with van der Waals surface area (Å²) in [6.07, 6.45) is 1.02. The van der Waals surface area contributed by atoms with Crippen LogP contribution in [0, 0.1) is 6.92 Å². The Morgan fingerprint density at radius 3 is 2.71 bits per heavy atom. The predicted octanol–water partition coefficient (Wildman–Crippen LogP) is 1.62. The molecule has 0 radical (unpaired) electrons. The Labute approximate surface area is 132 Å². The number of nitrogens with zero attached hydrogens (tertiary/aromatic N) is 3. The Morgan fingerprint density at radius 2 is 2.19 bits per heavy atom. The van der Waals surface area contributed by atoms with Crippen molar-refractivity contribution < 1.29 is 4.74 Å². The molecule has 1 aliphatic heterocycles. The van der Waals surface area contributed by atoms with Gasteiger partial charge >= 0.3 is 0 Å². The van der Waals surface area contributed by atoms with Gasteiger partial charge in [0, 0.05) is 37.8 Å². The fraction of sp³-hybridized carbons (Fsp3) is 0.800. The lowest BCUT2D eigenvalue weighted by atomic mass is 10.00. The minimum atomic E-state index is 0.182. The fourth-order valence-corrected chi connectivity index (χ4v) is 3.21. The smallest absolute Gasteiger partial charge is 0.130 e. The number of hydrogen-bond donors (Lipinski definition) is 1. The van der Waals surface area contributed by atoms with Crippen LogP contribution in [0.2, 0.25) is 5.15 Å². The molecule has 0 aromatic carbocycles. The van der Waals surface area contributed by atoms with E-state index in [4.69, 9.17) is 16.3 Å². The number of aryl methyl sites for hydroxylation is 2. The highest BCUT2D eigenvalue weighted by Gasteiger charge is 2.29. The Balaban J connectivity index is 2.09. The molecule has 21 heavy (non-hydrogen) atoms. The molecule has 1 aliphatic rings. The lowest BCUT2D eigenvalue weighted by Crippen LogP contribution is -2.53. The van der Waals surface area contributed by atoms with Gasteiger partial charge in [0.2, 0.25) is 0 Å². The second-order valence-electron chi connectivity index (χ2n) is 6.08. The van der Waals surface area contributed by atoms with Gasteiger partial charge in [-0.3, -0.25) is 9.58 Å². The normalized spacial score (nSPS) is 22.0. The van der Waals surface area contributed by atoms with E-state index in [0.29, 0.717) is 6.04 Å². The summed E-state index contributed by atoms with van der Waals surface area (Å²) in [7, 11) is 3.87. The average Bonchev–Trinajstić information content (AvgIpc) is 2.70. The highest BCUT2D eigenvalue weighted by molar-refractivity contribution is 6.30. The van der Waals surface area contributed by atoms with Gasteiger partial charge in [-0.15, -0.1) is 0 Å². The van der Waals surface area contributed by atoms with Gasteiger partial charge in [-0.2, -0.15) is 5.10 Å². The molecule has 0 spiro atoms. The quantitative estimate of drug-likeness (QED) is 0.897. The molecule has 1 saturated heterocycles. The van der Waals surface area contributed by atoms with Gasteiger partial charge in [-0.05, 0) is 34.2 Å². The average molecular weight is 315 g/mol. The maximum Gasteiger partial charge on any atom is 0.130 e. The topological polar surface area (TPSA) is 42.3 Å². The van der Waals surface area contributed by atoms with Crippen molar-refractivity contribution in [2.45, 2.75) is 45.4 Å². The lowest BCUT2D eigenvalue weighted by molar-refractivity contribution is -0.0542. The Hall–Kier alpha value is -0.620. The first kappa shape index (κ1) is 16.7. The predicted molar refractivity (Wildman–Crippen MR) is 86.0 cm³/mol. The molecule has 2 rings (SSSR count). The number of halogens is 1. The van der Waals surface area contributed by atoms with Crippen LogP contribution in [0.15, 0.2) is 0 Å². The van der Waals surface area contributed by atoms with Gasteiger partial charge in [0.1, 0.15) is 5.15 Å². The van der Waals surface area contributed by atoms with Crippen LogP contribution in [0.5, 0.6) is 0 Å². The highest BCUT2D eigenvalue weighted by atomic mass is 35.5. The van der Waals surface area contributed by atoms with Gasteiger partial charge in [0.25, 0.3) is 0 Å². The summed E-state index contributed by atoms with van der Waals surface area (Å²) in [6, 6.07) is 0.796. The van der Waals surface area contributed by atoms with Gasteiger partial charge < -0.3 is 10.1 Å². The molecule has 2 heterocycles. The first-order valence-electron chi connectivity index (χ1n) is 7.65. The lowest BCUT2D eigenvalue weighted by Gasteiger charge is -2.39. The summed E-state index contributed by atoms with van der Waals surface area (Å²) >= 11 is 6.35. The summed E-state index contributed by atoms with van der Waals surface area (Å²) in [5.41, 5.74) is 2.11. The second-order valence-corrected chi connectivity index (χ2v) is 6.43. The third-order valence-corrected chi connectivity index (χ3v) is 4.84. The number of nitrogens with one attached hydrogen (secondary N) is 1. The molecular formula is C15H27ClN4O. The van der Waals surface area contributed by atoms with Crippen molar-refractivity contribution in [1.82, 2.24) is 20.0 Å². The van der Waals surface area contributed by atoms with Crippen LogP contribution >= 0.6 is 11.6 Å². The van der Waals surface area contributed by atoms with E-state index in [1.54, 1.807) is 4.68 Å². The summed E-state index contributed by atoms with van der Waals surface area (Å²) in [4.78, 5) is 2.47. The van der Waals surface area contributed by atoms with Gasteiger partial charge in [-0.1, -0.05) is 11.6 Å². The molecule has 6 heteroatoms. The van der Waals surface area contributed by atoms with Crippen LogP contribution < -0.4 is 5.32 Å². The summed E-state index contributed by atoms with van der Waals surface area (Å²) in [6.45, 7) is 9.24. The van der Waals surface area contributed by atoms with Crippen molar-refractivity contribution in [3.63, 3.8) is 0 Å². The van der Waals surface area contributed by atoms with Crippen molar-refractivity contribution in [2.24, 2.45) is 7.05 Å². The number of aromatic nitrogens is 2. The third-order valence-electron chi connectivity index (χ3n) is 4.37. The van der Waals surface area contributed by atoms with E-state index in [9.17, 15) is 0 Å². The number of hydrogen-bond acceptors (Lipinski definition) is 4. The van der Waals surface area contributed by atoms with E-state index >= 15 is 0 Å². The maximum atomic E-state index is 6.35. The first-order chi connectivity index (χ1) is 9.93. The Morgan fingerprint density at radius 1 is 1.48 bits per heavy atom. The van der Waals surface area contributed by atoms with E-state index in [2.05, 4.69) is 29.2 Å². The van der Waals surface area contributed by atoms with Crippen LogP contribution in [-0.4, -0.2) is 59.6 Å². The number of morpholine rings is 1. The van der Waals surface area contributed by atoms with Crippen LogP contribution in [-0.2, 0) is 18.2 Å². The Bertz CT molecular complexity index is 474. The van der Waals surface area contributed by atoms with Gasteiger partial charge in [0.05, 0.1) is 18.4 Å². The van der Waals surface area contributed by atoms with E-state index in [1.165, 1.54) is 0 Å². The highest BCUT2D eigenvalue weighted by Crippen LogP contribution is 2.22. The number of ether oxygens (including phenoxy) is 1. The minimum absolute atomic E-state index is 0.182. The second kappa shape index (κ2) is 7.09. The molecule has 5 nitrogen and oxygen atoms in total. The molecular weight excluding hydrogens is 288 g/mol. The summed E-state index contributed by atoms with van der Waals surface area (Å²) in [5, 5.41) is 8.51. The zero-order valence-corrected chi connectivity index (χ0v) is 14.4. The molecule has 2 atom stereocenters. The van der Waals surface area contributed by atoms with E-state index in [-0.39, 0.29) is 12.1 Å². The maximum absolute atomic E-state index is 6.35. The van der Waals surface area contributed by atoms with Crippen LogP contribution in [0.3, 0.4) is 0 Å². The zero-order chi connectivity index (χ0) is 15.6.